The van der Waals surface area contributed by atoms with Crippen LogP contribution in [0.5, 0.6) is 5.75 Å². The Morgan fingerprint density at radius 2 is 1.62 bits per heavy atom. The number of para-hydroxylation sites is 2. The Morgan fingerprint density at radius 3 is 2.34 bits per heavy atom. The minimum Gasteiger partial charge on any atom is -0.496 e. The number of ether oxygens (including phenoxy) is 1. The average molecular weight is 445 g/mol. The zero-order valence-corrected chi connectivity index (χ0v) is 18.8. The van der Waals surface area contributed by atoms with E-state index >= 15 is 0 Å². The molecule has 32 heavy (non-hydrogen) atoms. The normalized spacial score (nSPS) is 11.7. The Kier molecular flexibility index (Phi) is 6.87. The van der Waals surface area contributed by atoms with Crippen molar-refractivity contribution < 1.29 is 9.53 Å². The van der Waals surface area contributed by atoms with Gasteiger partial charge in [-0.2, -0.15) is 0 Å². The summed E-state index contributed by atoms with van der Waals surface area (Å²) >= 11 is 1.35. The molecule has 1 N–H and O–H groups in total. The Balaban J connectivity index is 1.58. The molecule has 0 aliphatic rings. The van der Waals surface area contributed by atoms with E-state index in [1.165, 1.54) is 11.8 Å². The lowest BCUT2D eigenvalue weighted by atomic mass is 10.1. The number of nitrogens with zero attached hydrogens (tertiary/aromatic N) is 3. The molecule has 1 atom stereocenters. The molecule has 1 amide bonds. The molecule has 0 spiro atoms. The Bertz CT molecular complexity index is 1180. The molecule has 1 aromatic heterocycles. The van der Waals surface area contributed by atoms with Crippen molar-refractivity contribution in [2.45, 2.75) is 18.1 Å². The fraction of sp³-hybridized carbons (Fsp3) is 0.160. The second-order valence-corrected chi connectivity index (χ2v) is 8.11. The number of hydrogen-bond donors (Lipinski definition) is 1. The predicted molar refractivity (Wildman–Crippen MR) is 127 cm³/mol. The van der Waals surface area contributed by atoms with Crippen molar-refractivity contribution in [3.63, 3.8) is 0 Å². The first-order valence-electron chi connectivity index (χ1n) is 10.3. The van der Waals surface area contributed by atoms with Crippen molar-refractivity contribution in [2.24, 2.45) is 0 Å². The van der Waals surface area contributed by atoms with Gasteiger partial charge in [0.2, 0.25) is 5.91 Å². The van der Waals surface area contributed by atoms with Crippen LogP contribution >= 0.6 is 11.8 Å². The van der Waals surface area contributed by atoms with Gasteiger partial charge in [0.05, 0.1) is 24.5 Å². The van der Waals surface area contributed by atoms with Gasteiger partial charge >= 0.3 is 0 Å². The van der Waals surface area contributed by atoms with E-state index in [4.69, 9.17) is 4.74 Å². The summed E-state index contributed by atoms with van der Waals surface area (Å²) in [6.07, 6.45) is 0. The van der Waals surface area contributed by atoms with Gasteiger partial charge in [-0.05, 0) is 36.8 Å². The molecule has 0 radical (unpaired) electrons. The number of nitrogens with one attached hydrogen (secondary N) is 1. The highest BCUT2D eigenvalue weighted by molar-refractivity contribution is 7.99. The van der Waals surface area contributed by atoms with Gasteiger partial charge in [0, 0.05) is 5.69 Å². The van der Waals surface area contributed by atoms with Crippen molar-refractivity contribution in [2.75, 3.05) is 12.9 Å². The van der Waals surface area contributed by atoms with E-state index in [-0.39, 0.29) is 17.7 Å². The van der Waals surface area contributed by atoms with Crippen molar-refractivity contribution in [1.29, 1.82) is 0 Å². The Morgan fingerprint density at radius 1 is 0.969 bits per heavy atom. The topological polar surface area (TPSA) is 69.0 Å². The van der Waals surface area contributed by atoms with Crippen LogP contribution in [0, 0.1) is 0 Å². The molecule has 0 saturated carbocycles. The van der Waals surface area contributed by atoms with Crippen LogP contribution in [0.25, 0.3) is 17.1 Å². The lowest BCUT2D eigenvalue weighted by Gasteiger charge is -2.14. The molecular weight excluding hydrogens is 420 g/mol. The number of methoxy groups -OCH3 is 1. The molecule has 0 fully saturated rings. The van der Waals surface area contributed by atoms with Gasteiger partial charge in [0.15, 0.2) is 11.0 Å². The van der Waals surface area contributed by atoms with E-state index < -0.39 is 0 Å². The molecule has 4 rings (SSSR count). The molecule has 4 aromatic rings. The Labute approximate surface area is 191 Å². The summed E-state index contributed by atoms with van der Waals surface area (Å²) in [6, 6.07) is 27.4. The van der Waals surface area contributed by atoms with Crippen LogP contribution in [0.3, 0.4) is 0 Å². The highest BCUT2D eigenvalue weighted by Gasteiger charge is 2.20. The van der Waals surface area contributed by atoms with E-state index in [1.807, 2.05) is 96.4 Å². The van der Waals surface area contributed by atoms with Crippen LogP contribution in [0.1, 0.15) is 18.5 Å². The second-order valence-electron chi connectivity index (χ2n) is 7.17. The molecule has 1 heterocycles. The van der Waals surface area contributed by atoms with Crippen LogP contribution < -0.4 is 10.1 Å². The van der Waals surface area contributed by atoms with Gasteiger partial charge < -0.3 is 10.1 Å². The second kappa shape index (κ2) is 10.2. The third-order valence-corrected chi connectivity index (χ3v) is 5.93. The maximum absolute atomic E-state index is 12.6. The summed E-state index contributed by atoms with van der Waals surface area (Å²) in [7, 11) is 1.63. The summed E-state index contributed by atoms with van der Waals surface area (Å²) in [6.45, 7) is 1.98. The first-order chi connectivity index (χ1) is 15.7. The van der Waals surface area contributed by atoms with E-state index in [9.17, 15) is 4.79 Å². The monoisotopic (exact) mass is 444 g/mol. The fourth-order valence-corrected chi connectivity index (χ4v) is 4.18. The van der Waals surface area contributed by atoms with E-state index in [2.05, 4.69) is 15.5 Å². The molecule has 6 nitrogen and oxygen atoms in total. The lowest BCUT2D eigenvalue weighted by molar-refractivity contribution is -0.119. The maximum Gasteiger partial charge on any atom is 0.230 e. The number of thioether (sulfide) groups is 1. The molecule has 162 valence electrons. The predicted octanol–water partition coefficient (Wildman–Crippen LogP) is 4.91. The molecule has 0 aliphatic carbocycles. The highest BCUT2D eigenvalue weighted by atomic mass is 32.2. The van der Waals surface area contributed by atoms with Crippen LogP contribution in [0.15, 0.2) is 90.1 Å². The molecule has 0 bridgehead atoms. The van der Waals surface area contributed by atoms with Crippen molar-refractivity contribution in [3.05, 3.63) is 90.5 Å². The fourth-order valence-electron chi connectivity index (χ4n) is 3.42. The summed E-state index contributed by atoms with van der Waals surface area (Å²) in [4.78, 5) is 12.6. The molecule has 7 heteroatoms. The van der Waals surface area contributed by atoms with Crippen molar-refractivity contribution >= 4 is 17.7 Å². The van der Waals surface area contributed by atoms with Crippen molar-refractivity contribution in [3.8, 4) is 22.8 Å². The van der Waals surface area contributed by atoms with Crippen LogP contribution in [-0.2, 0) is 4.79 Å². The minimum atomic E-state index is -0.0690. The third-order valence-electron chi connectivity index (χ3n) is 5.01. The Hall–Kier alpha value is -3.58. The maximum atomic E-state index is 12.6. The molecule has 0 saturated heterocycles. The zero-order chi connectivity index (χ0) is 22.3. The number of carbonyl (C=O) groups excluding carboxylic acids is 1. The average Bonchev–Trinajstić information content (AvgIpc) is 3.27. The summed E-state index contributed by atoms with van der Waals surface area (Å²) in [5.41, 5.74) is 2.82. The van der Waals surface area contributed by atoms with Crippen LogP contribution in [-0.4, -0.2) is 33.5 Å². The van der Waals surface area contributed by atoms with Gasteiger partial charge in [-0.1, -0.05) is 72.4 Å². The molecule has 3 aromatic carbocycles. The highest BCUT2D eigenvalue weighted by Crippen LogP contribution is 2.33. The largest absolute Gasteiger partial charge is 0.496 e. The van der Waals surface area contributed by atoms with Gasteiger partial charge in [0.25, 0.3) is 0 Å². The summed E-state index contributed by atoms with van der Waals surface area (Å²) < 4.78 is 7.49. The molecule has 0 unspecified atom stereocenters. The standard InChI is InChI=1S/C25H24N4O2S/c1-18(19-11-5-3-6-12-19)26-23(30)17-32-25-28-27-24(21-15-9-10-16-22(21)31-2)29(25)20-13-7-4-8-14-20/h3-16,18H,17H2,1-2H3,(H,26,30)/t18-/m0/s1. The number of aromatic nitrogens is 3. The smallest absolute Gasteiger partial charge is 0.230 e. The number of amides is 1. The first-order valence-corrected chi connectivity index (χ1v) is 11.3. The summed E-state index contributed by atoms with van der Waals surface area (Å²) in [5.74, 6) is 1.54. The van der Waals surface area contributed by atoms with E-state index in [0.29, 0.717) is 16.7 Å². The molecule has 0 aliphatic heterocycles. The SMILES string of the molecule is COc1ccccc1-c1nnc(SCC(=O)N[C@@H](C)c2ccccc2)n1-c1ccccc1. The number of rotatable bonds is 8. The van der Waals surface area contributed by atoms with Crippen LogP contribution in [0.4, 0.5) is 0 Å². The van der Waals surface area contributed by atoms with Gasteiger partial charge in [-0.25, -0.2) is 0 Å². The number of benzene rings is 3. The lowest BCUT2D eigenvalue weighted by Crippen LogP contribution is -2.28. The third kappa shape index (κ3) is 4.84. The minimum absolute atomic E-state index is 0.0622. The van der Waals surface area contributed by atoms with E-state index in [1.54, 1.807) is 7.11 Å². The van der Waals surface area contributed by atoms with Gasteiger partial charge in [-0.3, -0.25) is 9.36 Å². The number of hydrogen-bond acceptors (Lipinski definition) is 5. The zero-order valence-electron chi connectivity index (χ0n) is 17.9. The quantitative estimate of drug-likeness (QED) is 0.391. The van der Waals surface area contributed by atoms with Crippen molar-refractivity contribution in [1.82, 2.24) is 20.1 Å². The first kappa shape index (κ1) is 21.6. The van der Waals surface area contributed by atoms with E-state index in [0.717, 1.165) is 16.8 Å². The summed E-state index contributed by atoms with van der Waals surface area (Å²) in [5, 5.41) is 12.5. The van der Waals surface area contributed by atoms with Crippen LogP contribution in [0.2, 0.25) is 0 Å². The van der Waals surface area contributed by atoms with Gasteiger partial charge in [0.1, 0.15) is 5.75 Å². The number of carbonyl (C=O) groups is 1. The molecular formula is C25H24N4O2S. The van der Waals surface area contributed by atoms with Gasteiger partial charge in [-0.15, -0.1) is 10.2 Å².